The first-order chi connectivity index (χ1) is 12.1. The van der Waals surface area contributed by atoms with Gasteiger partial charge in [0.15, 0.2) is 5.96 Å². The van der Waals surface area contributed by atoms with Gasteiger partial charge in [0.05, 0.1) is 0 Å². The molecule has 1 heterocycles. The van der Waals surface area contributed by atoms with Gasteiger partial charge in [0.25, 0.3) is 0 Å². The van der Waals surface area contributed by atoms with Crippen molar-refractivity contribution in [2.45, 2.75) is 32.5 Å². The fourth-order valence-electron chi connectivity index (χ4n) is 2.72. The molecular weight excluding hydrogens is 310 g/mol. The molecule has 0 amide bonds. The van der Waals surface area contributed by atoms with E-state index in [9.17, 15) is 0 Å². The molecule has 1 atom stereocenters. The number of guanidine groups is 1. The summed E-state index contributed by atoms with van der Waals surface area (Å²) in [6.07, 6.45) is 5.23. The summed E-state index contributed by atoms with van der Waals surface area (Å²) in [4.78, 5) is 6.68. The molecule has 2 rings (SSSR count). The summed E-state index contributed by atoms with van der Waals surface area (Å²) in [7, 11) is 6.02. The van der Waals surface area contributed by atoms with Crippen molar-refractivity contribution in [3.05, 3.63) is 59.9 Å². The lowest BCUT2D eigenvalue weighted by molar-refractivity contribution is 0.238. The SMILES string of the molecule is CN=C(NCCC(C)N(C)Cc1ccccc1)NCc1ccn(C)c1. The highest BCUT2D eigenvalue weighted by molar-refractivity contribution is 5.79. The summed E-state index contributed by atoms with van der Waals surface area (Å²) in [6.45, 7) is 4.92. The van der Waals surface area contributed by atoms with Gasteiger partial charge in [-0.3, -0.25) is 9.89 Å². The third-order valence-electron chi connectivity index (χ3n) is 4.46. The van der Waals surface area contributed by atoms with Gasteiger partial charge in [-0.2, -0.15) is 0 Å². The van der Waals surface area contributed by atoms with E-state index in [4.69, 9.17) is 0 Å². The fraction of sp³-hybridized carbons (Fsp3) is 0.450. The molecule has 0 fully saturated rings. The van der Waals surface area contributed by atoms with E-state index in [0.717, 1.165) is 32.0 Å². The van der Waals surface area contributed by atoms with Crippen LogP contribution < -0.4 is 10.6 Å². The summed E-state index contributed by atoms with van der Waals surface area (Å²) in [5, 5.41) is 6.76. The predicted octanol–water partition coefficient (Wildman–Crippen LogP) is 2.60. The Bertz CT molecular complexity index is 647. The first-order valence-electron chi connectivity index (χ1n) is 8.88. The number of aliphatic imine (C=N–C) groups is 1. The number of hydrogen-bond acceptors (Lipinski definition) is 2. The molecule has 0 saturated heterocycles. The van der Waals surface area contributed by atoms with Gasteiger partial charge in [-0.15, -0.1) is 0 Å². The van der Waals surface area contributed by atoms with Gasteiger partial charge in [0, 0.05) is 52.2 Å². The summed E-state index contributed by atoms with van der Waals surface area (Å²) < 4.78 is 2.05. The zero-order chi connectivity index (χ0) is 18.1. The van der Waals surface area contributed by atoms with Gasteiger partial charge in [0.2, 0.25) is 0 Å². The Kier molecular flexibility index (Phi) is 7.54. The van der Waals surface area contributed by atoms with E-state index < -0.39 is 0 Å². The molecular formula is C20H31N5. The summed E-state index contributed by atoms with van der Waals surface area (Å²) >= 11 is 0. The number of aromatic nitrogens is 1. The molecule has 0 saturated carbocycles. The molecule has 1 aromatic heterocycles. The monoisotopic (exact) mass is 341 g/mol. The van der Waals surface area contributed by atoms with Gasteiger partial charge in [0.1, 0.15) is 0 Å². The van der Waals surface area contributed by atoms with Crippen LogP contribution >= 0.6 is 0 Å². The van der Waals surface area contributed by atoms with Gasteiger partial charge in [-0.05, 0) is 37.6 Å². The van der Waals surface area contributed by atoms with Crippen molar-refractivity contribution in [1.82, 2.24) is 20.1 Å². The Morgan fingerprint density at radius 3 is 2.56 bits per heavy atom. The highest BCUT2D eigenvalue weighted by Crippen LogP contribution is 2.07. The lowest BCUT2D eigenvalue weighted by Crippen LogP contribution is -2.39. The van der Waals surface area contributed by atoms with Crippen molar-refractivity contribution in [3.63, 3.8) is 0 Å². The van der Waals surface area contributed by atoms with Crippen LogP contribution in [-0.2, 0) is 20.1 Å². The van der Waals surface area contributed by atoms with E-state index in [0.29, 0.717) is 6.04 Å². The number of benzene rings is 1. The van der Waals surface area contributed by atoms with Gasteiger partial charge >= 0.3 is 0 Å². The van der Waals surface area contributed by atoms with Crippen molar-refractivity contribution in [3.8, 4) is 0 Å². The van der Waals surface area contributed by atoms with Crippen molar-refractivity contribution in [2.24, 2.45) is 12.0 Å². The maximum Gasteiger partial charge on any atom is 0.191 e. The minimum atomic E-state index is 0.500. The molecule has 0 spiro atoms. The van der Waals surface area contributed by atoms with Crippen LogP contribution in [-0.4, -0.2) is 42.1 Å². The van der Waals surface area contributed by atoms with Crippen LogP contribution in [0.5, 0.6) is 0 Å². The van der Waals surface area contributed by atoms with Crippen LogP contribution in [0.1, 0.15) is 24.5 Å². The molecule has 1 aromatic carbocycles. The van der Waals surface area contributed by atoms with E-state index >= 15 is 0 Å². The van der Waals surface area contributed by atoms with Crippen LogP contribution in [0.4, 0.5) is 0 Å². The fourth-order valence-corrected chi connectivity index (χ4v) is 2.72. The van der Waals surface area contributed by atoms with E-state index in [1.54, 1.807) is 0 Å². The van der Waals surface area contributed by atoms with Crippen molar-refractivity contribution >= 4 is 5.96 Å². The molecule has 2 aromatic rings. The van der Waals surface area contributed by atoms with Crippen LogP contribution in [0.2, 0.25) is 0 Å². The molecule has 136 valence electrons. The van der Waals surface area contributed by atoms with Crippen LogP contribution in [0.15, 0.2) is 53.8 Å². The quantitative estimate of drug-likeness (QED) is 0.573. The maximum absolute atomic E-state index is 4.29. The lowest BCUT2D eigenvalue weighted by Gasteiger charge is -2.25. The number of aryl methyl sites for hydroxylation is 1. The van der Waals surface area contributed by atoms with E-state index in [-0.39, 0.29) is 0 Å². The highest BCUT2D eigenvalue weighted by atomic mass is 15.2. The molecule has 0 aliphatic heterocycles. The van der Waals surface area contributed by atoms with E-state index in [2.05, 4.69) is 87.9 Å². The molecule has 1 unspecified atom stereocenters. The van der Waals surface area contributed by atoms with Gasteiger partial charge < -0.3 is 15.2 Å². The topological polar surface area (TPSA) is 44.6 Å². The Labute approximate surface area is 151 Å². The first-order valence-corrected chi connectivity index (χ1v) is 8.88. The molecule has 25 heavy (non-hydrogen) atoms. The second kappa shape index (κ2) is 9.89. The number of rotatable bonds is 8. The van der Waals surface area contributed by atoms with Crippen LogP contribution in [0, 0.1) is 0 Å². The third kappa shape index (κ3) is 6.63. The zero-order valence-electron chi connectivity index (χ0n) is 15.9. The van der Waals surface area contributed by atoms with Crippen molar-refractivity contribution in [2.75, 3.05) is 20.6 Å². The van der Waals surface area contributed by atoms with Gasteiger partial charge in [-0.1, -0.05) is 30.3 Å². The average Bonchev–Trinajstić information content (AvgIpc) is 3.04. The number of hydrogen-bond donors (Lipinski definition) is 2. The van der Waals surface area contributed by atoms with Crippen LogP contribution in [0.25, 0.3) is 0 Å². The molecule has 0 aliphatic carbocycles. The Hall–Kier alpha value is -2.27. The molecule has 0 radical (unpaired) electrons. The van der Waals surface area contributed by atoms with Crippen LogP contribution in [0.3, 0.4) is 0 Å². The second-order valence-electron chi connectivity index (χ2n) is 6.58. The summed E-state index contributed by atoms with van der Waals surface area (Å²) in [6, 6.07) is 13.2. The minimum Gasteiger partial charge on any atom is -0.357 e. The minimum absolute atomic E-state index is 0.500. The van der Waals surface area contributed by atoms with Crippen molar-refractivity contribution in [1.29, 1.82) is 0 Å². The Morgan fingerprint density at radius 1 is 1.16 bits per heavy atom. The third-order valence-corrected chi connectivity index (χ3v) is 4.46. The molecule has 0 aliphatic rings. The normalized spacial score (nSPS) is 13.1. The molecule has 5 nitrogen and oxygen atoms in total. The predicted molar refractivity (Wildman–Crippen MR) is 106 cm³/mol. The Morgan fingerprint density at radius 2 is 1.92 bits per heavy atom. The van der Waals surface area contributed by atoms with E-state index in [1.807, 2.05) is 14.1 Å². The van der Waals surface area contributed by atoms with Crippen molar-refractivity contribution < 1.29 is 0 Å². The largest absolute Gasteiger partial charge is 0.357 e. The molecule has 2 N–H and O–H groups in total. The first kappa shape index (κ1) is 19.1. The van der Waals surface area contributed by atoms with E-state index in [1.165, 1.54) is 11.1 Å². The number of nitrogens with zero attached hydrogens (tertiary/aromatic N) is 3. The van der Waals surface area contributed by atoms with Gasteiger partial charge in [-0.25, -0.2) is 0 Å². The average molecular weight is 342 g/mol. The Balaban J connectivity index is 1.68. The maximum atomic E-state index is 4.29. The number of nitrogens with one attached hydrogen (secondary N) is 2. The smallest absolute Gasteiger partial charge is 0.191 e. The lowest BCUT2D eigenvalue weighted by atomic mass is 10.1. The second-order valence-corrected chi connectivity index (χ2v) is 6.58. The summed E-state index contributed by atoms with van der Waals surface area (Å²) in [5.74, 6) is 0.849. The molecule has 5 heteroatoms. The zero-order valence-corrected chi connectivity index (χ0v) is 15.9. The highest BCUT2D eigenvalue weighted by Gasteiger charge is 2.09. The molecule has 0 bridgehead atoms. The summed E-state index contributed by atoms with van der Waals surface area (Å²) in [5.41, 5.74) is 2.60. The standard InChI is InChI=1S/C20H31N5/c1-17(25(4)16-18-8-6-5-7-9-18)10-12-22-20(21-2)23-14-19-11-13-24(3)15-19/h5-9,11,13,15,17H,10,12,14,16H2,1-4H3,(H2,21,22,23).